The highest BCUT2D eigenvalue weighted by molar-refractivity contribution is 14.1. The third-order valence-corrected chi connectivity index (χ3v) is 5.19. The van der Waals surface area contributed by atoms with Crippen molar-refractivity contribution in [3.05, 3.63) is 37.4 Å². The zero-order valence-electron chi connectivity index (χ0n) is 13.3. The molecule has 0 spiro atoms. The molecule has 1 heterocycles. The standard InChI is InChI=1S/C16H22IN3O3/c1-12-5-2-3-9-19(12)10-4-8-18-16(21)14-11-13(20(22)23)6-7-15(14)17/h6-7,11-12H,2-5,8-10H2,1H3,(H,18,21). The smallest absolute Gasteiger partial charge is 0.270 e. The first-order chi connectivity index (χ1) is 11.0. The number of hydrogen-bond acceptors (Lipinski definition) is 4. The van der Waals surface area contributed by atoms with E-state index in [9.17, 15) is 14.9 Å². The van der Waals surface area contributed by atoms with Crippen molar-refractivity contribution in [3.8, 4) is 0 Å². The molecule has 0 aromatic heterocycles. The largest absolute Gasteiger partial charge is 0.352 e. The van der Waals surface area contributed by atoms with E-state index in [0.717, 1.165) is 23.1 Å². The molecule has 1 N–H and O–H groups in total. The zero-order valence-corrected chi connectivity index (χ0v) is 15.4. The first kappa shape index (κ1) is 18.1. The van der Waals surface area contributed by atoms with Gasteiger partial charge in [0.05, 0.1) is 10.5 Å². The Morgan fingerprint density at radius 3 is 2.96 bits per heavy atom. The van der Waals surface area contributed by atoms with Crippen LogP contribution in [0.25, 0.3) is 0 Å². The van der Waals surface area contributed by atoms with E-state index < -0.39 is 4.92 Å². The highest BCUT2D eigenvalue weighted by Gasteiger charge is 2.18. The molecule has 0 saturated carbocycles. The topological polar surface area (TPSA) is 75.5 Å². The number of carbonyl (C=O) groups excluding carboxylic acids is 1. The summed E-state index contributed by atoms with van der Waals surface area (Å²) in [5, 5.41) is 13.7. The summed E-state index contributed by atoms with van der Waals surface area (Å²) >= 11 is 2.02. The number of amides is 1. The van der Waals surface area contributed by atoms with Crippen molar-refractivity contribution in [2.45, 2.75) is 38.6 Å². The number of nitrogens with zero attached hydrogens (tertiary/aromatic N) is 2. The number of nitro groups is 1. The molecule has 0 radical (unpaired) electrons. The molecule has 1 saturated heterocycles. The number of non-ortho nitro benzene ring substituents is 1. The predicted molar refractivity (Wildman–Crippen MR) is 97.6 cm³/mol. The lowest BCUT2D eigenvalue weighted by Gasteiger charge is -2.33. The van der Waals surface area contributed by atoms with Gasteiger partial charge in [-0.1, -0.05) is 6.42 Å². The van der Waals surface area contributed by atoms with E-state index in [1.165, 1.54) is 31.4 Å². The van der Waals surface area contributed by atoms with E-state index in [2.05, 4.69) is 17.1 Å². The molecule has 1 fully saturated rings. The summed E-state index contributed by atoms with van der Waals surface area (Å²) < 4.78 is 0.718. The summed E-state index contributed by atoms with van der Waals surface area (Å²) in [6.07, 6.45) is 4.70. The maximum Gasteiger partial charge on any atom is 0.270 e. The van der Waals surface area contributed by atoms with Gasteiger partial charge in [-0.05, 0) is 61.4 Å². The first-order valence-electron chi connectivity index (χ1n) is 7.95. The minimum Gasteiger partial charge on any atom is -0.352 e. The number of likely N-dealkylation sites (tertiary alicyclic amines) is 1. The molecule has 7 heteroatoms. The molecule has 23 heavy (non-hydrogen) atoms. The normalized spacial score (nSPS) is 18.6. The van der Waals surface area contributed by atoms with Gasteiger partial charge in [0.2, 0.25) is 0 Å². The Morgan fingerprint density at radius 2 is 2.26 bits per heavy atom. The second kappa shape index (κ2) is 8.58. The molecule has 6 nitrogen and oxygen atoms in total. The number of nitro benzene ring substituents is 1. The fraction of sp³-hybridized carbons (Fsp3) is 0.562. The van der Waals surface area contributed by atoms with Gasteiger partial charge >= 0.3 is 0 Å². The quantitative estimate of drug-likeness (QED) is 0.325. The number of halogens is 1. The highest BCUT2D eigenvalue weighted by atomic mass is 127. The van der Waals surface area contributed by atoms with Gasteiger partial charge in [0.1, 0.15) is 0 Å². The lowest BCUT2D eigenvalue weighted by molar-refractivity contribution is -0.384. The van der Waals surface area contributed by atoms with Crippen LogP contribution in [-0.4, -0.2) is 41.4 Å². The molecular weight excluding hydrogens is 409 g/mol. The Balaban J connectivity index is 1.83. The van der Waals surface area contributed by atoms with Gasteiger partial charge in [-0.15, -0.1) is 0 Å². The van der Waals surface area contributed by atoms with Crippen LogP contribution in [0.1, 0.15) is 43.0 Å². The highest BCUT2D eigenvalue weighted by Crippen LogP contribution is 2.19. The molecule has 1 aliphatic heterocycles. The van der Waals surface area contributed by atoms with Crippen LogP contribution in [0.5, 0.6) is 0 Å². The fourth-order valence-electron chi connectivity index (χ4n) is 2.87. The molecule has 1 aromatic rings. The van der Waals surface area contributed by atoms with Crippen LogP contribution in [0.2, 0.25) is 0 Å². The Bertz CT molecular complexity index is 580. The van der Waals surface area contributed by atoms with Crippen LogP contribution < -0.4 is 5.32 Å². The van der Waals surface area contributed by atoms with Crippen LogP contribution in [0, 0.1) is 13.7 Å². The lowest BCUT2D eigenvalue weighted by atomic mass is 10.0. The van der Waals surface area contributed by atoms with E-state index >= 15 is 0 Å². The minimum absolute atomic E-state index is 0.0577. The van der Waals surface area contributed by atoms with Crippen molar-refractivity contribution in [2.24, 2.45) is 0 Å². The molecule has 126 valence electrons. The number of nitrogens with one attached hydrogen (secondary N) is 1. The average Bonchev–Trinajstić information content (AvgIpc) is 2.53. The maximum absolute atomic E-state index is 12.2. The first-order valence-corrected chi connectivity index (χ1v) is 9.03. The minimum atomic E-state index is -0.482. The SMILES string of the molecule is CC1CCCCN1CCCNC(=O)c1cc([N+](=O)[O-])ccc1I. The summed E-state index contributed by atoms with van der Waals surface area (Å²) in [6, 6.07) is 4.97. The Hall–Kier alpha value is -1.22. The van der Waals surface area contributed by atoms with Crippen molar-refractivity contribution >= 4 is 34.2 Å². The summed E-state index contributed by atoms with van der Waals surface area (Å²) in [5.41, 5.74) is 0.309. The number of hydrogen-bond donors (Lipinski definition) is 1. The van der Waals surface area contributed by atoms with Crippen molar-refractivity contribution in [1.82, 2.24) is 10.2 Å². The molecule has 2 rings (SSSR count). The van der Waals surface area contributed by atoms with Crippen LogP contribution >= 0.6 is 22.6 Å². The van der Waals surface area contributed by atoms with E-state index in [-0.39, 0.29) is 11.6 Å². The summed E-state index contributed by atoms with van der Waals surface area (Å²) in [6.45, 7) is 4.95. The fourth-order valence-corrected chi connectivity index (χ4v) is 3.45. The third-order valence-electron chi connectivity index (χ3n) is 4.25. The van der Waals surface area contributed by atoms with Crippen molar-refractivity contribution in [1.29, 1.82) is 0 Å². The van der Waals surface area contributed by atoms with Gasteiger partial charge in [0, 0.05) is 34.8 Å². The molecular formula is C16H22IN3O3. The van der Waals surface area contributed by atoms with Gasteiger partial charge in [0.15, 0.2) is 0 Å². The van der Waals surface area contributed by atoms with Crippen molar-refractivity contribution in [2.75, 3.05) is 19.6 Å². The predicted octanol–water partition coefficient (Wildman–Crippen LogP) is 3.19. The maximum atomic E-state index is 12.2. The summed E-state index contributed by atoms with van der Waals surface area (Å²) in [7, 11) is 0. The van der Waals surface area contributed by atoms with E-state index in [1.807, 2.05) is 22.6 Å². The molecule has 0 aliphatic carbocycles. The molecule has 1 aliphatic rings. The zero-order chi connectivity index (χ0) is 16.8. The van der Waals surface area contributed by atoms with E-state index in [0.29, 0.717) is 18.2 Å². The van der Waals surface area contributed by atoms with Gasteiger partial charge in [-0.2, -0.15) is 0 Å². The number of piperidine rings is 1. The van der Waals surface area contributed by atoms with E-state index in [1.54, 1.807) is 6.07 Å². The second-order valence-electron chi connectivity index (χ2n) is 5.91. The lowest BCUT2D eigenvalue weighted by Crippen LogP contribution is -2.39. The molecule has 1 unspecified atom stereocenters. The van der Waals surface area contributed by atoms with Gasteiger partial charge in [-0.25, -0.2) is 0 Å². The number of benzene rings is 1. The Kier molecular flexibility index (Phi) is 6.76. The van der Waals surface area contributed by atoms with Crippen LogP contribution in [0.3, 0.4) is 0 Å². The Morgan fingerprint density at radius 1 is 1.48 bits per heavy atom. The molecule has 0 bridgehead atoms. The summed E-state index contributed by atoms with van der Waals surface area (Å²) in [4.78, 5) is 25.0. The third kappa shape index (κ3) is 5.13. The van der Waals surface area contributed by atoms with Gasteiger partial charge in [0.25, 0.3) is 11.6 Å². The monoisotopic (exact) mass is 431 g/mol. The number of carbonyl (C=O) groups is 1. The second-order valence-corrected chi connectivity index (χ2v) is 7.07. The molecule has 1 aromatic carbocycles. The number of rotatable bonds is 6. The van der Waals surface area contributed by atoms with E-state index in [4.69, 9.17) is 0 Å². The molecule has 1 amide bonds. The average molecular weight is 431 g/mol. The summed E-state index contributed by atoms with van der Waals surface area (Å²) in [5.74, 6) is -0.246. The van der Waals surface area contributed by atoms with Crippen molar-refractivity contribution < 1.29 is 9.72 Å². The molecule has 1 atom stereocenters. The van der Waals surface area contributed by atoms with Crippen LogP contribution in [-0.2, 0) is 0 Å². The van der Waals surface area contributed by atoms with Crippen LogP contribution in [0.15, 0.2) is 18.2 Å². The van der Waals surface area contributed by atoms with Crippen molar-refractivity contribution in [3.63, 3.8) is 0 Å². The van der Waals surface area contributed by atoms with Gasteiger partial charge in [-0.3, -0.25) is 14.9 Å². The van der Waals surface area contributed by atoms with Gasteiger partial charge < -0.3 is 10.2 Å². The van der Waals surface area contributed by atoms with Crippen LogP contribution in [0.4, 0.5) is 5.69 Å². The Labute approximate surface area is 149 Å².